The monoisotopic (exact) mass is 437 g/mol. The normalized spacial score (nSPS) is 11.6. The minimum atomic E-state index is 1.06. The van der Waals surface area contributed by atoms with Crippen LogP contribution in [0.1, 0.15) is 0 Å². The lowest BCUT2D eigenvalue weighted by Crippen LogP contribution is -1.87. The molecule has 0 aliphatic heterocycles. The molecule has 2 heterocycles. The van der Waals surface area contributed by atoms with E-state index < -0.39 is 0 Å². The summed E-state index contributed by atoms with van der Waals surface area (Å²) in [7, 11) is 0. The van der Waals surface area contributed by atoms with E-state index in [1.165, 1.54) is 58.6 Å². The van der Waals surface area contributed by atoms with Crippen LogP contribution >= 0.6 is 11.3 Å². The summed E-state index contributed by atoms with van der Waals surface area (Å²) in [6.07, 6.45) is 1.89. The van der Waals surface area contributed by atoms with Crippen molar-refractivity contribution in [2.24, 2.45) is 0 Å². The molecule has 0 aliphatic carbocycles. The smallest absolute Gasteiger partial charge is 0.0786 e. The molecule has 5 aromatic carbocycles. The van der Waals surface area contributed by atoms with Gasteiger partial charge in [-0.05, 0) is 51.9 Å². The number of benzene rings is 5. The Balaban J connectivity index is 1.48. The van der Waals surface area contributed by atoms with E-state index in [0.29, 0.717) is 0 Å². The average molecular weight is 438 g/mol. The van der Waals surface area contributed by atoms with Crippen LogP contribution in [0.3, 0.4) is 0 Å². The Bertz CT molecular complexity index is 1830. The van der Waals surface area contributed by atoms with Crippen LogP contribution < -0.4 is 0 Å². The van der Waals surface area contributed by atoms with E-state index >= 15 is 0 Å². The molecular formula is C31H19NS. The van der Waals surface area contributed by atoms with Crippen LogP contribution in [-0.2, 0) is 0 Å². The summed E-state index contributed by atoms with van der Waals surface area (Å²) in [5, 5.41) is 6.27. The highest BCUT2D eigenvalue weighted by atomic mass is 32.1. The van der Waals surface area contributed by atoms with E-state index in [1.807, 2.05) is 23.6 Å². The quantitative estimate of drug-likeness (QED) is 0.246. The van der Waals surface area contributed by atoms with Crippen LogP contribution in [-0.4, -0.2) is 4.98 Å². The number of pyridine rings is 1. The van der Waals surface area contributed by atoms with Gasteiger partial charge in [-0.25, -0.2) is 0 Å². The number of rotatable bonds is 2. The summed E-state index contributed by atoms with van der Waals surface area (Å²) in [6.45, 7) is 0. The summed E-state index contributed by atoms with van der Waals surface area (Å²) in [6, 6.07) is 39.3. The molecule has 7 rings (SSSR count). The van der Waals surface area contributed by atoms with Gasteiger partial charge in [-0.2, -0.15) is 0 Å². The zero-order valence-electron chi connectivity index (χ0n) is 17.8. The highest BCUT2D eigenvalue weighted by molar-refractivity contribution is 7.26. The molecule has 0 atom stereocenters. The zero-order chi connectivity index (χ0) is 21.8. The van der Waals surface area contributed by atoms with Crippen molar-refractivity contribution in [3.63, 3.8) is 0 Å². The van der Waals surface area contributed by atoms with E-state index in [1.54, 1.807) is 0 Å². The lowest BCUT2D eigenvalue weighted by atomic mass is 9.93. The molecular weight excluding hydrogens is 418 g/mol. The van der Waals surface area contributed by atoms with E-state index in [0.717, 1.165) is 5.52 Å². The van der Waals surface area contributed by atoms with Crippen LogP contribution in [0.25, 0.3) is 64.1 Å². The Kier molecular flexibility index (Phi) is 4.08. The van der Waals surface area contributed by atoms with Crippen molar-refractivity contribution < 1.29 is 0 Å². The Hall–Kier alpha value is -4.01. The molecule has 33 heavy (non-hydrogen) atoms. The average Bonchev–Trinajstić information content (AvgIpc) is 3.27. The fourth-order valence-electron chi connectivity index (χ4n) is 4.98. The number of hydrogen-bond acceptors (Lipinski definition) is 2. The number of thiophene rings is 1. The fraction of sp³-hybridized carbons (Fsp3) is 0. The lowest BCUT2D eigenvalue weighted by Gasteiger charge is -2.12. The third kappa shape index (κ3) is 2.88. The molecule has 0 aliphatic rings. The van der Waals surface area contributed by atoms with Gasteiger partial charge in [0.2, 0.25) is 0 Å². The summed E-state index contributed by atoms with van der Waals surface area (Å²) in [5.74, 6) is 0. The number of nitrogens with zero attached hydrogens (tertiary/aromatic N) is 1. The first kappa shape index (κ1) is 18.6. The highest BCUT2D eigenvalue weighted by Gasteiger charge is 2.13. The SMILES string of the molecule is c1cc(-c2cc3ccccc3c3ncccc23)cc(-c2cccc3c2sc2ccccc23)c1. The number of aromatic nitrogens is 1. The Morgan fingerprint density at radius 3 is 2.18 bits per heavy atom. The van der Waals surface area contributed by atoms with Crippen LogP contribution in [0.15, 0.2) is 115 Å². The number of fused-ring (bicyclic) bond motifs is 6. The van der Waals surface area contributed by atoms with Crippen LogP contribution in [0.5, 0.6) is 0 Å². The molecule has 0 fully saturated rings. The maximum absolute atomic E-state index is 4.74. The second-order valence-corrected chi connectivity index (χ2v) is 9.46. The van der Waals surface area contributed by atoms with Crippen molar-refractivity contribution in [1.29, 1.82) is 0 Å². The van der Waals surface area contributed by atoms with Crippen LogP contribution in [0.4, 0.5) is 0 Å². The summed E-state index contributed by atoms with van der Waals surface area (Å²) < 4.78 is 2.68. The first-order chi connectivity index (χ1) is 16.4. The number of hydrogen-bond donors (Lipinski definition) is 0. The maximum atomic E-state index is 4.74. The molecule has 7 aromatic rings. The Labute approximate surface area is 195 Å². The molecule has 0 radical (unpaired) electrons. The van der Waals surface area contributed by atoms with Crippen molar-refractivity contribution in [1.82, 2.24) is 4.98 Å². The van der Waals surface area contributed by atoms with E-state index in [9.17, 15) is 0 Å². The third-order valence-electron chi connectivity index (χ3n) is 6.50. The lowest BCUT2D eigenvalue weighted by molar-refractivity contribution is 1.43. The van der Waals surface area contributed by atoms with Crippen molar-refractivity contribution in [3.8, 4) is 22.3 Å². The topological polar surface area (TPSA) is 12.9 Å². The molecule has 0 N–H and O–H groups in total. The summed E-state index contributed by atoms with van der Waals surface area (Å²) >= 11 is 1.88. The predicted octanol–water partition coefficient (Wildman–Crippen LogP) is 9.09. The molecule has 154 valence electrons. The molecule has 2 heteroatoms. The van der Waals surface area contributed by atoms with Gasteiger partial charge < -0.3 is 0 Å². The van der Waals surface area contributed by atoms with Gasteiger partial charge in [0.05, 0.1) is 5.52 Å². The van der Waals surface area contributed by atoms with Gasteiger partial charge in [0.1, 0.15) is 0 Å². The van der Waals surface area contributed by atoms with Gasteiger partial charge in [0.25, 0.3) is 0 Å². The Morgan fingerprint density at radius 1 is 0.515 bits per heavy atom. The van der Waals surface area contributed by atoms with Gasteiger partial charge in [0.15, 0.2) is 0 Å². The second kappa shape index (κ2) is 7.26. The molecule has 1 nitrogen and oxygen atoms in total. The minimum absolute atomic E-state index is 1.06. The van der Waals surface area contributed by atoms with Crippen LogP contribution in [0.2, 0.25) is 0 Å². The van der Waals surface area contributed by atoms with Crippen LogP contribution in [0, 0.1) is 0 Å². The molecule has 0 saturated heterocycles. The standard InChI is InChI=1S/C31H19NS/c1-2-11-23-22(8-1)19-28(26-15-7-17-32-30(23)26)21-10-5-9-20(18-21)24-13-6-14-27-25-12-3-4-16-29(25)33-31(24)27/h1-19H. The first-order valence-corrected chi connectivity index (χ1v) is 12.0. The predicted molar refractivity (Wildman–Crippen MR) is 143 cm³/mol. The van der Waals surface area contributed by atoms with Crippen molar-refractivity contribution in [2.45, 2.75) is 0 Å². The van der Waals surface area contributed by atoms with Gasteiger partial charge >= 0.3 is 0 Å². The largest absolute Gasteiger partial charge is 0.256 e. The van der Waals surface area contributed by atoms with E-state index in [2.05, 4.69) is 103 Å². The van der Waals surface area contributed by atoms with Gasteiger partial charge in [-0.3, -0.25) is 4.98 Å². The maximum Gasteiger partial charge on any atom is 0.0786 e. The van der Waals surface area contributed by atoms with Gasteiger partial charge in [0, 0.05) is 37.1 Å². The van der Waals surface area contributed by atoms with Crippen molar-refractivity contribution in [2.75, 3.05) is 0 Å². The highest BCUT2D eigenvalue weighted by Crippen LogP contribution is 2.41. The zero-order valence-corrected chi connectivity index (χ0v) is 18.6. The van der Waals surface area contributed by atoms with Gasteiger partial charge in [-0.15, -0.1) is 11.3 Å². The molecule has 0 unspecified atom stereocenters. The summed E-state index contributed by atoms with van der Waals surface area (Å²) in [4.78, 5) is 4.74. The van der Waals surface area contributed by atoms with E-state index in [-0.39, 0.29) is 0 Å². The van der Waals surface area contributed by atoms with E-state index in [4.69, 9.17) is 4.98 Å². The molecule has 0 saturated carbocycles. The minimum Gasteiger partial charge on any atom is -0.256 e. The van der Waals surface area contributed by atoms with Crippen molar-refractivity contribution >= 4 is 53.2 Å². The first-order valence-electron chi connectivity index (χ1n) is 11.1. The van der Waals surface area contributed by atoms with Crippen molar-refractivity contribution in [3.05, 3.63) is 115 Å². The second-order valence-electron chi connectivity index (χ2n) is 8.41. The molecule has 0 spiro atoms. The summed E-state index contributed by atoms with van der Waals surface area (Å²) in [5.41, 5.74) is 6.03. The molecule has 0 bridgehead atoms. The Morgan fingerprint density at radius 2 is 1.24 bits per heavy atom. The third-order valence-corrected chi connectivity index (χ3v) is 7.72. The van der Waals surface area contributed by atoms with Gasteiger partial charge in [-0.1, -0.05) is 84.9 Å². The molecule has 0 amide bonds. The fourth-order valence-corrected chi connectivity index (χ4v) is 6.21. The molecule has 2 aromatic heterocycles.